The number of fused-ring (bicyclic) bond motifs is 1. The molecule has 0 aliphatic rings. The van der Waals surface area contributed by atoms with Gasteiger partial charge in [0.25, 0.3) is 5.91 Å². The third-order valence-corrected chi connectivity index (χ3v) is 4.62. The number of ether oxygens (including phenoxy) is 1. The Morgan fingerprint density at radius 2 is 1.89 bits per heavy atom. The van der Waals surface area contributed by atoms with Crippen molar-refractivity contribution in [3.8, 4) is 16.9 Å². The number of pyridine rings is 1. The maximum atomic E-state index is 12.9. The summed E-state index contributed by atoms with van der Waals surface area (Å²) >= 11 is 6.37. The van der Waals surface area contributed by atoms with Crippen LogP contribution in [0.5, 0.6) is 5.75 Å². The van der Waals surface area contributed by atoms with Gasteiger partial charge in [0.1, 0.15) is 17.1 Å². The molecule has 4 aromatic rings. The molecular formula is C21H16ClN3O2. The molecule has 2 aromatic carbocycles. The van der Waals surface area contributed by atoms with Crippen LogP contribution in [0.4, 0.5) is 5.69 Å². The first-order chi connectivity index (χ1) is 13.2. The summed E-state index contributed by atoms with van der Waals surface area (Å²) in [6, 6.07) is 18.5. The Bertz CT molecular complexity index is 1140. The number of methoxy groups -OCH3 is 1. The van der Waals surface area contributed by atoms with Crippen molar-refractivity contribution in [1.29, 1.82) is 0 Å². The van der Waals surface area contributed by atoms with Crippen LogP contribution in [-0.4, -0.2) is 22.4 Å². The molecule has 0 saturated carbocycles. The van der Waals surface area contributed by atoms with Gasteiger partial charge in [-0.1, -0.05) is 35.9 Å². The molecule has 2 aromatic heterocycles. The number of halogens is 1. The molecule has 0 aliphatic heterocycles. The Hall–Kier alpha value is -3.31. The lowest BCUT2D eigenvalue weighted by Gasteiger charge is -2.14. The molecule has 27 heavy (non-hydrogen) atoms. The summed E-state index contributed by atoms with van der Waals surface area (Å²) in [6.45, 7) is 0. The lowest BCUT2D eigenvalue weighted by Crippen LogP contribution is -2.15. The molecule has 0 saturated heterocycles. The first-order valence-corrected chi connectivity index (χ1v) is 8.71. The monoisotopic (exact) mass is 377 g/mol. The average molecular weight is 378 g/mol. The van der Waals surface area contributed by atoms with Crippen LogP contribution in [-0.2, 0) is 0 Å². The third kappa shape index (κ3) is 3.25. The molecular weight excluding hydrogens is 362 g/mol. The van der Waals surface area contributed by atoms with E-state index in [1.807, 2.05) is 48.5 Å². The molecule has 0 spiro atoms. The standard InChI is InChI=1S/C21H16ClN3O2/c1-27-14-9-10-18(16(12-14)15-6-2-3-7-17(15)22)24-21(26)19-13-23-20-8-4-5-11-25(19)20/h2-13H,1H3,(H,24,26). The van der Waals surface area contributed by atoms with E-state index in [4.69, 9.17) is 16.3 Å². The summed E-state index contributed by atoms with van der Waals surface area (Å²) < 4.78 is 7.08. The predicted octanol–water partition coefficient (Wildman–Crippen LogP) is 4.92. The van der Waals surface area contributed by atoms with Gasteiger partial charge in [0.05, 0.1) is 13.3 Å². The van der Waals surface area contributed by atoms with Crippen LogP contribution in [0.1, 0.15) is 10.5 Å². The summed E-state index contributed by atoms with van der Waals surface area (Å²) in [4.78, 5) is 17.1. The second kappa shape index (κ2) is 7.13. The summed E-state index contributed by atoms with van der Waals surface area (Å²) in [5.74, 6) is 0.421. The van der Waals surface area contributed by atoms with Crippen LogP contribution in [0.25, 0.3) is 16.8 Å². The van der Waals surface area contributed by atoms with Crippen LogP contribution >= 0.6 is 11.6 Å². The fourth-order valence-corrected chi connectivity index (χ4v) is 3.19. The highest BCUT2D eigenvalue weighted by Gasteiger charge is 2.16. The number of rotatable bonds is 4. The summed E-state index contributed by atoms with van der Waals surface area (Å²) in [5.41, 5.74) is 3.39. The number of imidazole rings is 1. The minimum atomic E-state index is -0.257. The fraction of sp³-hybridized carbons (Fsp3) is 0.0476. The molecule has 2 heterocycles. The molecule has 0 bridgehead atoms. The number of carbonyl (C=O) groups excluding carboxylic acids is 1. The van der Waals surface area contributed by atoms with Gasteiger partial charge < -0.3 is 10.1 Å². The molecule has 0 atom stereocenters. The molecule has 0 unspecified atom stereocenters. The summed E-state index contributed by atoms with van der Waals surface area (Å²) in [5, 5.41) is 3.56. The quantitative estimate of drug-likeness (QED) is 0.549. The van der Waals surface area contributed by atoms with Gasteiger partial charge in [0.2, 0.25) is 0 Å². The van der Waals surface area contributed by atoms with Crippen LogP contribution in [0.2, 0.25) is 5.02 Å². The van der Waals surface area contributed by atoms with Gasteiger partial charge >= 0.3 is 0 Å². The lowest BCUT2D eigenvalue weighted by atomic mass is 10.0. The van der Waals surface area contributed by atoms with Crippen molar-refractivity contribution >= 4 is 28.8 Å². The van der Waals surface area contributed by atoms with Crippen molar-refractivity contribution in [3.05, 3.63) is 83.8 Å². The number of carbonyl (C=O) groups is 1. The van der Waals surface area contributed by atoms with Crippen LogP contribution in [0, 0.1) is 0 Å². The number of amides is 1. The van der Waals surface area contributed by atoms with E-state index in [0.29, 0.717) is 27.8 Å². The Kier molecular flexibility index (Phi) is 4.52. The van der Waals surface area contributed by atoms with E-state index in [1.54, 1.807) is 36.0 Å². The Morgan fingerprint density at radius 1 is 1.07 bits per heavy atom. The zero-order valence-corrected chi connectivity index (χ0v) is 15.3. The highest BCUT2D eigenvalue weighted by Crippen LogP contribution is 2.36. The minimum Gasteiger partial charge on any atom is -0.497 e. The Balaban J connectivity index is 1.76. The van der Waals surface area contributed by atoms with E-state index in [1.165, 1.54) is 0 Å². The van der Waals surface area contributed by atoms with Crippen LogP contribution in [0.3, 0.4) is 0 Å². The van der Waals surface area contributed by atoms with Gasteiger partial charge in [0.15, 0.2) is 0 Å². The molecule has 0 fully saturated rings. The van der Waals surface area contributed by atoms with E-state index < -0.39 is 0 Å². The minimum absolute atomic E-state index is 0.257. The number of nitrogens with one attached hydrogen (secondary N) is 1. The maximum Gasteiger partial charge on any atom is 0.274 e. The number of benzene rings is 2. The number of hydrogen-bond acceptors (Lipinski definition) is 3. The second-order valence-corrected chi connectivity index (χ2v) is 6.32. The molecule has 0 aliphatic carbocycles. The topological polar surface area (TPSA) is 55.6 Å². The highest BCUT2D eigenvalue weighted by atomic mass is 35.5. The van der Waals surface area contributed by atoms with Crippen molar-refractivity contribution in [2.24, 2.45) is 0 Å². The first-order valence-electron chi connectivity index (χ1n) is 8.34. The number of aromatic nitrogens is 2. The van der Waals surface area contributed by atoms with E-state index in [2.05, 4.69) is 10.3 Å². The zero-order chi connectivity index (χ0) is 18.8. The largest absolute Gasteiger partial charge is 0.497 e. The molecule has 6 heteroatoms. The maximum absolute atomic E-state index is 12.9. The predicted molar refractivity (Wildman–Crippen MR) is 107 cm³/mol. The zero-order valence-electron chi connectivity index (χ0n) is 14.5. The van der Waals surface area contributed by atoms with Crippen molar-refractivity contribution in [2.75, 3.05) is 12.4 Å². The molecule has 1 N–H and O–H groups in total. The normalized spacial score (nSPS) is 10.7. The second-order valence-electron chi connectivity index (χ2n) is 5.92. The fourth-order valence-electron chi connectivity index (χ4n) is 2.95. The van der Waals surface area contributed by atoms with E-state index in [-0.39, 0.29) is 5.91 Å². The smallest absolute Gasteiger partial charge is 0.274 e. The van der Waals surface area contributed by atoms with Gasteiger partial charge in [-0.15, -0.1) is 0 Å². The van der Waals surface area contributed by atoms with Crippen molar-refractivity contribution < 1.29 is 9.53 Å². The van der Waals surface area contributed by atoms with Gasteiger partial charge in [-0.25, -0.2) is 4.98 Å². The van der Waals surface area contributed by atoms with Gasteiger partial charge in [0, 0.05) is 28.0 Å². The van der Waals surface area contributed by atoms with Gasteiger partial charge in [-0.3, -0.25) is 9.20 Å². The summed E-state index contributed by atoms with van der Waals surface area (Å²) in [7, 11) is 1.60. The van der Waals surface area contributed by atoms with Crippen molar-refractivity contribution in [2.45, 2.75) is 0 Å². The molecule has 0 radical (unpaired) electrons. The summed E-state index contributed by atoms with van der Waals surface area (Å²) in [6.07, 6.45) is 3.36. The molecule has 134 valence electrons. The van der Waals surface area contributed by atoms with Crippen LogP contribution < -0.4 is 10.1 Å². The molecule has 1 amide bonds. The van der Waals surface area contributed by atoms with Crippen LogP contribution in [0.15, 0.2) is 73.1 Å². The van der Waals surface area contributed by atoms with Crippen molar-refractivity contribution in [1.82, 2.24) is 9.38 Å². The number of nitrogens with zero attached hydrogens (tertiary/aromatic N) is 2. The van der Waals surface area contributed by atoms with E-state index in [9.17, 15) is 4.79 Å². The average Bonchev–Trinajstić information content (AvgIpc) is 3.13. The van der Waals surface area contributed by atoms with Crippen molar-refractivity contribution in [3.63, 3.8) is 0 Å². The van der Waals surface area contributed by atoms with E-state index >= 15 is 0 Å². The van der Waals surface area contributed by atoms with Gasteiger partial charge in [-0.05, 0) is 36.4 Å². The number of hydrogen-bond donors (Lipinski definition) is 1. The van der Waals surface area contributed by atoms with E-state index in [0.717, 1.165) is 11.1 Å². The first kappa shape index (κ1) is 17.1. The van der Waals surface area contributed by atoms with Gasteiger partial charge in [-0.2, -0.15) is 0 Å². The lowest BCUT2D eigenvalue weighted by molar-refractivity contribution is 0.102. The third-order valence-electron chi connectivity index (χ3n) is 4.29. The molecule has 4 rings (SSSR count). The number of anilines is 1. The Morgan fingerprint density at radius 3 is 2.70 bits per heavy atom. The Labute approximate surface area is 161 Å². The SMILES string of the molecule is COc1ccc(NC(=O)c2cnc3ccccn23)c(-c2ccccc2Cl)c1. The highest BCUT2D eigenvalue weighted by molar-refractivity contribution is 6.33. The molecule has 5 nitrogen and oxygen atoms in total.